The lowest BCUT2D eigenvalue weighted by Gasteiger charge is -2.32. The molecule has 2 aliphatic heterocycles. The highest BCUT2D eigenvalue weighted by molar-refractivity contribution is 5.80. The monoisotopic (exact) mass is 310 g/mol. The van der Waals surface area contributed by atoms with Gasteiger partial charge in [-0.1, -0.05) is 20.8 Å². The molecular weight excluding hydrogens is 276 g/mol. The highest BCUT2D eigenvalue weighted by Crippen LogP contribution is 2.20. The summed E-state index contributed by atoms with van der Waals surface area (Å²) in [5, 5.41) is 3.54. The fourth-order valence-corrected chi connectivity index (χ4v) is 3.33. The fourth-order valence-electron chi connectivity index (χ4n) is 3.33. The van der Waals surface area contributed by atoms with E-state index in [1.165, 1.54) is 19.3 Å². The number of likely N-dealkylation sites (tertiary alicyclic amines) is 1. The maximum Gasteiger partial charge on any atom is 0.193 e. The van der Waals surface area contributed by atoms with Gasteiger partial charge < -0.3 is 15.0 Å². The van der Waals surface area contributed by atoms with Crippen molar-refractivity contribution in [3.8, 4) is 0 Å². The van der Waals surface area contributed by atoms with Crippen LogP contribution in [0.3, 0.4) is 0 Å². The molecule has 5 nitrogen and oxygen atoms in total. The maximum atomic E-state index is 5.46. The van der Waals surface area contributed by atoms with Crippen LogP contribution in [0.5, 0.6) is 0 Å². The third-order valence-corrected chi connectivity index (χ3v) is 4.62. The number of rotatable bonds is 4. The second-order valence-electron chi connectivity index (χ2n) is 7.68. The highest BCUT2D eigenvalue weighted by Gasteiger charge is 2.30. The first-order valence-corrected chi connectivity index (χ1v) is 8.77. The van der Waals surface area contributed by atoms with Crippen LogP contribution in [0.15, 0.2) is 4.99 Å². The van der Waals surface area contributed by atoms with Crippen molar-refractivity contribution < 1.29 is 4.74 Å². The molecule has 1 unspecified atom stereocenters. The molecule has 0 amide bonds. The lowest BCUT2D eigenvalue weighted by molar-refractivity contribution is 0.0195. The van der Waals surface area contributed by atoms with E-state index < -0.39 is 0 Å². The minimum Gasteiger partial charge on any atom is -0.379 e. The molecule has 2 rings (SSSR count). The van der Waals surface area contributed by atoms with Gasteiger partial charge in [0.05, 0.1) is 13.2 Å². The molecule has 1 atom stereocenters. The summed E-state index contributed by atoms with van der Waals surface area (Å²) in [7, 11) is 1.90. The van der Waals surface area contributed by atoms with Gasteiger partial charge in [-0.15, -0.1) is 0 Å². The van der Waals surface area contributed by atoms with Crippen molar-refractivity contribution in [3.63, 3.8) is 0 Å². The minimum absolute atomic E-state index is 0.417. The molecule has 1 N–H and O–H groups in total. The molecule has 0 radical (unpaired) electrons. The van der Waals surface area contributed by atoms with Crippen LogP contribution in [0.2, 0.25) is 0 Å². The molecule has 0 aromatic heterocycles. The molecule has 0 aromatic carbocycles. The van der Waals surface area contributed by atoms with Crippen LogP contribution in [0, 0.1) is 5.41 Å². The summed E-state index contributed by atoms with van der Waals surface area (Å²) in [4.78, 5) is 9.47. The van der Waals surface area contributed by atoms with Crippen LogP contribution in [-0.4, -0.2) is 74.8 Å². The largest absolute Gasteiger partial charge is 0.379 e. The van der Waals surface area contributed by atoms with Gasteiger partial charge in [0.2, 0.25) is 0 Å². The van der Waals surface area contributed by atoms with Gasteiger partial charge in [-0.25, -0.2) is 0 Å². The van der Waals surface area contributed by atoms with E-state index in [0.29, 0.717) is 11.5 Å². The highest BCUT2D eigenvalue weighted by atomic mass is 16.5. The number of ether oxygens (including phenoxy) is 1. The Bertz CT molecular complexity index is 358. The summed E-state index contributed by atoms with van der Waals surface area (Å²) in [6.07, 6.45) is 3.68. The van der Waals surface area contributed by atoms with Crippen molar-refractivity contribution in [2.45, 2.75) is 46.1 Å². The van der Waals surface area contributed by atoms with E-state index in [0.717, 1.165) is 51.9 Å². The average Bonchev–Trinajstić information content (AvgIpc) is 2.97. The fraction of sp³-hybridized carbons (Fsp3) is 0.941. The van der Waals surface area contributed by atoms with Gasteiger partial charge in [-0.3, -0.25) is 9.89 Å². The Morgan fingerprint density at radius 1 is 1.23 bits per heavy atom. The van der Waals surface area contributed by atoms with Crippen molar-refractivity contribution in [2.24, 2.45) is 10.4 Å². The van der Waals surface area contributed by atoms with Crippen molar-refractivity contribution in [1.82, 2.24) is 15.1 Å². The molecule has 2 heterocycles. The Kier molecular flexibility index (Phi) is 6.50. The van der Waals surface area contributed by atoms with Gasteiger partial charge >= 0.3 is 0 Å². The zero-order chi connectivity index (χ0) is 16.0. The number of nitrogens with one attached hydrogen (secondary N) is 1. The normalized spacial score (nSPS) is 24.8. The zero-order valence-electron chi connectivity index (χ0n) is 14.9. The molecule has 128 valence electrons. The van der Waals surface area contributed by atoms with E-state index in [-0.39, 0.29) is 0 Å². The van der Waals surface area contributed by atoms with Crippen molar-refractivity contribution in [1.29, 1.82) is 0 Å². The third-order valence-electron chi connectivity index (χ3n) is 4.62. The lowest BCUT2D eigenvalue weighted by atomic mass is 9.91. The SMILES string of the molecule is CN=C(NCCCC(C)(C)C)N1CCC(N2CCOCC2)C1. The number of hydrogen-bond acceptors (Lipinski definition) is 3. The van der Waals surface area contributed by atoms with Gasteiger partial charge in [0, 0.05) is 45.8 Å². The van der Waals surface area contributed by atoms with Crippen LogP contribution in [-0.2, 0) is 4.74 Å². The van der Waals surface area contributed by atoms with E-state index in [1.54, 1.807) is 0 Å². The second kappa shape index (κ2) is 8.16. The molecule has 22 heavy (non-hydrogen) atoms. The molecule has 0 saturated carbocycles. The summed E-state index contributed by atoms with van der Waals surface area (Å²) >= 11 is 0. The maximum absolute atomic E-state index is 5.46. The predicted octanol–water partition coefficient (Wildman–Crippen LogP) is 1.79. The summed E-state index contributed by atoms with van der Waals surface area (Å²) in [6.45, 7) is 14.1. The average molecular weight is 310 g/mol. The molecule has 2 aliphatic rings. The van der Waals surface area contributed by atoms with Crippen molar-refractivity contribution in [2.75, 3.05) is 53.0 Å². The minimum atomic E-state index is 0.417. The first-order valence-electron chi connectivity index (χ1n) is 8.77. The molecular formula is C17H34N4O. The predicted molar refractivity (Wildman–Crippen MR) is 92.4 cm³/mol. The Labute approximate surface area is 136 Å². The van der Waals surface area contributed by atoms with E-state index in [1.807, 2.05) is 7.05 Å². The number of nitrogens with zero attached hydrogens (tertiary/aromatic N) is 3. The summed E-state index contributed by atoms with van der Waals surface area (Å²) in [5.41, 5.74) is 0.417. The number of hydrogen-bond donors (Lipinski definition) is 1. The molecule has 0 aliphatic carbocycles. The van der Waals surface area contributed by atoms with E-state index in [9.17, 15) is 0 Å². The molecule has 5 heteroatoms. The molecule has 0 bridgehead atoms. The van der Waals surface area contributed by atoms with E-state index in [4.69, 9.17) is 4.74 Å². The first kappa shape index (κ1) is 17.5. The summed E-state index contributed by atoms with van der Waals surface area (Å²) in [6, 6.07) is 0.664. The number of aliphatic imine (C=N–C) groups is 1. The Morgan fingerprint density at radius 3 is 2.59 bits per heavy atom. The number of guanidine groups is 1. The van der Waals surface area contributed by atoms with E-state index >= 15 is 0 Å². The van der Waals surface area contributed by atoms with Crippen LogP contribution in [0.4, 0.5) is 0 Å². The molecule has 2 fully saturated rings. The van der Waals surface area contributed by atoms with E-state index in [2.05, 4.69) is 40.9 Å². The van der Waals surface area contributed by atoms with Gasteiger partial charge in [-0.05, 0) is 24.7 Å². The molecule has 2 saturated heterocycles. The summed E-state index contributed by atoms with van der Waals surface area (Å²) in [5.74, 6) is 1.07. The third kappa shape index (κ3) is 5.43. The molecule has 0 spiro atoms. The Hall–Kier alpha value is -0.810. The van der Waals surface area contributed by atoms with Gasteiger partial charge in [0.1, 0.15) is 0 Å². The molecule has 0 aromatic rings. The topological polar surface area (TPSA) is 40.1 Å². The quantitative estimate of drug-likeness (QED) is 0.488. The van der Waals surface area contributed by atoms with Crippen molar-refractivity contribution in [3.05, 3.63) is 0 Å². The standard InChI is InChI=1S/C17H34N4O/c1-17(2,3)7-5-8-19-16(18-4)21-9-6-15(14-21)20-10-12-22-13-11-20/h15H,5-14H2,1-4H3,(H,18,19). The van der Waals surface area contributed by atoms with Gasteiger partial charge in [-0.2, -0.15) is 0 Å². The van der Waals surface area contributed by atoms with Crippen LogP contribution in [0.25, 0.3) is 0 Å². The zero-order valence-corrected chi connectivity index (χ0v) is 14.9. The van der Waals surface area contributed by atoms with Crippen LogP contribution >= 0.6 is 0 Å². The first-order chi connectivity index (χ1) is 10.5. The van der Waals surface area contributed by atoms with Gasteiger partial charge in [0.15, 0.2) is 5.96 Å². The van der Waals surface area contributed by atoms with Crippen LogP contribution in [0.1, 0.15) is 40.0 Å². The summed E-state index contributed by atoms with van der Waals surface area (Å²) < 4.78 is 5.46. The second-order valence-corrected chi connectivity index (χ2v) is 7.68. The number of morpholine rings is 1. The van der Waals surface area contributed by atoms with Gasteiger partial charge in [0.25, 0.3) is 0 Å². The Morgan fingerprint density at radius 2 is 1.95 bits per heavy atom. The van der Waals surface area contributed by atoms with Crippen molar-refractivity contribution >= 4 is 5.96 Å². The van der Waals surface area contributed by atoms with Crippen LogP contribution < -0.4 is 5.32 Å². The Balaban J connectivity index is 1.73. The smallest absolute Gasteiger partial charge is 0.193 e. The lowest BCUT2D eigenvalue weighted by Crippen LogP contribution is -2.46.